The molecular weight excluding hydrogens is 206 g/mol. The number of carboxylic acid groups (broad SMARTS) is 1. The van der Waals surface area contributed by atoms with Crippen LogP contribution in [0.3, 0.4) is 0 Å². The highest BCUT2D eigenvalue weighted by molar-refractivity contribution is 6.37. The number of ketones is 1. The molecule has 0 amide bonds. The van der Waals surface area contributed by atoms with Gasteiger partial charge in [0.25, 0.3) is 0 Å². The second kappa shape index (κ2) is 3.89. The van der Waals surface area contributed by atoms with E-state index in [1.165, 1.54) is 0 Å². The maximum absolute atomic E-state index is 11.8. The molecule has 0 aromatic rings. The number of carbonyl (C=O) groups is 2. The quantitative estimate of drug-likeness (QED) is 0.713. The van der Waals surface area contributed by atoms with E-state index >= 15 is 0 Å². The molecule has 1 unspecified atom stereocenters. The van der Waals surface area contributed by atoms with Gasteiger partial charge in [0.1, 0.15) is 5.57 Å². The molecule has 0 bridgehead atoms. The summed E-state index contributed by atoms with van der Waals surface area (Å²) in [4.78, 5) is 26.7. The lowest BCUT2D eigenvalue weighted by Gasteiger charge is -2.21. The molecule has 1 aliphatic heterocycles. The van der Waals surface area contributed by atoms with E-state index in [2.05, 4.69) is 4.99 Å². The number of aliphatic carboxylic acids is 1. The summed E-state index contributed by atoms with van der Waals surface area (Å²) in [5, 5.41) is 8.82. The Hall–Kier alpha value is -1.97. The van der Waals surface area contributed by atoms with Gasteiger partial charge >= 0.3 is 5.97 Å². The van der Waals surface area contributed by atoms with Gasteiger partial charge in [-0.25, -0.2) is 4.79 Å². The van der Waals surface area contributed by atoms with Crippen LogP contribution in [0.5, 0.6) is 0 Å². The van der Waals surface area contributed by atoms with Crippen LogP contribution in [0, 0.1) is 5.92 Å². The first kappa shape index (κ1) is 10.5. The van der Waals surface area contributed by atoms with Crippen LogP contribution in [0.4, 0.5) is 0 Å². The summed E-state index contributed by atoms with van der Waals surface area (Å²) >= 11 is 0. The molecule has 16 heavy (non-hydrogen) atoms. The SMILES string of the molecule is CCC1C=CC=C2C(=O)C(C(=O)O)=CN=C21. The van der Waals surface area contributed by atoms with Crippen LogP contribution in [0.1, 0.15) is 13.3 Å². The fourth-order valence-electron chi connectivity index (χ4n) is 1.84. The molecule has 2 rings (SSSR count). The summed E-state index contributed by atoms with van der Waals surface area (Å²) in [5.74, 6) is -1.56. The Balaban J connectivity index is 2.47. The fourth-order valence-corrected chi connectivity index (χ4v) is 1.84. The van der Waals surface area contributed by atoms with Gasteiger partial charge in [-0.2, -0.15) is 0 Å². The van der Waals surface area contributed by atoms with E-state index in [0.29, 0.717) is 11.3 Å². The third-order valence-corrected chi connectivity index (χ3v) is 2.73. The Bertz CT molecular complexity index is 480. The summed E-state index contributed by atoms with van der Waals surface area (Å²) in [5.41, 5.74) is 0.828. The van der Waals surface area contributed by atoms with Crippen molar-refractivity contribution in [3.8, 4) is 0 Å². The highest BCUT2D eigenvalue weighted by Gasteiger charge is 2.31. The zero-order valence-corrected chi connectivity index (χ0v) is 8.80. The first-order valence-corrected chi connectivity index (χ1v) is 5.10. The number of aliphatic imine (C=N–C) groups is 1. The van der Waals surface area contributed by atoms with Gasteiger partial charge in [-0.3, -0.25) is 9.79 Å². The van der Waals surface area contributed by atoms with Crippen molar-refractivity contribution in [3.63, 3.8) is 0 Å². The standard InChI is InChI=1S/C12H11NO3/c1-2-7-4-3-5-8-10(7)13-6-9(11(8)14)12(15)16/h3-7H,2H2,1H3,(H,15,16). The summed E-state index contributed by atoms with van der Waals surface area (Å²) in [7, 11) is 0. The number of fused-ring (bicyclic) bond motifs is 1. The van der Waals surface area contributed by atoms with E-state index in [-0.39, 0.29) is 11.5 Å². The molecule has 0 aromatic carbocycles. The summed E-state index contributed by atoms with van der Waals surface area (Å²) in [6, 6.07) is 0. The Morgan fingerprint density at radius 2 is 2.31 bits per heavy atom. The van der Waals surface area contributed by atoms with E-state index in [1.807, 2.05) is 13.0 Å². The Labute approximate surface area is 92.7 Å². The number of carbonyl (C=O) groups excluding carboxylic acids is 1. The number of hydrogen-bond acceptors (Lipinski definition) is 3. The smallest absolute Gasteiger partial charge is 0.341 e. The lowest BCUT2D eigenvalue weighted by Crippen LogP contribution is -2.28. The van der Waals surface area contributed by atoms with Crippen molar-refractivity contribution in [1.82, 2.24) is 0 Å². The topological polar surface area (TPSA) is 66.7 Å². The molecule has 1 N–H and O–H groups in total. The number of rotatable bonds is 2. The van der Waals surface area contributed by atoms with Crippen molar-refractivity contribution in [2.24, 2.45) is 10.9 Å². The van der Waals surface area contributed by atoms with Crippen molar-refractivity contribution in [1.29, 1.82) is 0 Å². The normalized spacial score (nSPS) is 23.2. The van der Waals surface area contributed by atoms with Gasteiger partial charge in [-0.15, -0.1) is 0 Å². The summed E-state index contributed by atoms with van der Waals surface area (Å²) in [6.07, 6.45) is 7.37. The zero-order valence-electron chi connectivity index (χ0n) is 8.80. The Morgan fingerprint density at radius 1 is 1.56 bits per heavy atom. The van der Waals surface area contributed by atoms with E-state index in [1.54, 1.807) is 12.2 Å². The maximum Gasteiger partial charge on any atom is 0.341 e. The fraction of sp³-hybridized carbons (Fsp3) is 0.250. The van der Waals surface area contributed by atoms with Gasteiger partial charge in [0.2, 0.25) is 5.78 Å². The predicted octanol–water partition coefficient (Wildman–Crippen LogP) is 1.50. The monoisotopic (exact) mass is 217 g/mol. The first-order chi connectivity index (χ1) is 7.65. The summed E-state index contributed by atoms with van der Waals surface area (Å²) < 4.78 is 0. The lowest BCUT2D eigenvalue weighted by molar-refractivity contribution is -0.134. The van der Waals surface area contributed by atoms with Crippen molar-refractivity contribution in [2.75, 3.05) is 0 Å². The minimum absolute atomic E-state index is 0.107. The first-order valence-electron chi connectivity index (χ1n) is 5.10. The number of carboxylic acids is 1. The summed E-state index contributed by atoms with van der Waals surface area (Å²) in [6.45, 7) is 2.00. The van der Waals surface area contributed by atoms with Crippen LogP contribution in [0.15, 0.2) is 40.6 Å². The van der Waals surface area contributed by atoms with Crippen molar-refractivity contribution >= 4 is 17.5 Å². The molecule has 82 valence electrons. The molecule has 0 aromatic heterocycles. The van der Waals surface area contributed by atoms with Crippen molar-refractivity contribution in [2.45, 2.75) is 13.3 Å². The van der Waals surface area contributed by atoms with Crippen LogP contribution in [-0.2, 0) is 9.59 Å². The molecule has 1 heterocycles. The van der Waals surface area contributed by atoms with E-state index in [0.717, 1.165) is 12.6 Å². The van der Waals surface area contributed by atoms with Crippen LogP contribution in [0.25, 0.3) is 0 Å². The van der Waals surface area contributed by atoms with E-state index in [4.69, 9.17) is 5.11 Å². The maximum atomic E-state index is 11.8. The molecule has 0 fully saturated rings. The third kappa shape index (κ3) is 1.52. The third-order valence-electron chi connectivity index (χ3n) is 2.73. The molecule has 0 spiro atoms. The highest BCUT2D eigenvalue weighted by atomic mass is 16.4. The number of nitrogens with zero attached hydrogens (tertiary/aromatic N) is 1. The molecule has 2 aliphatic rings. The van der Waals surface area contributed by atoms with Crippen molar-refractivity contribution in [3.05, 3.63) is 35.6 Å². The van der Waals surface area contributed by atoms with Gasteiger partial charge in [-0.1, -0.05) is 19.1 Å². The second-order valence-corrected chi connectivity index (χ2v) is 3.67. The average Bonchev–Trinajstić information content (AvgIpc) is 2.28. The molecule has 0 saturated carbocycles. The van der Waals surface area contributed by atoms with Crippen LogP contribution in [0.2, 0.25) is 0 Å². The molecule has 4 nitrogen and oxygen atoms in total. The molecule has 1 aliphatic carbocycles. The molecule has 4 heteroatoms. The van der Waals surface area contributed by atoms with Gasteiger partial charge in [0, 0.05) is 17.7 Å². The van der Waals surface area contributed by atoms with Gasteiger partial charge in [0.15, 0.2) is 0 Å². The zero-order chi connectivity index (χ0) is 11.7. The van der Waals surface area contributed by atoms with Crippen molar-refractivity contribution < 1.29 is 14.7 Å². The Kier molecular flexibility index (Phi) is 2.56. The average molecular weight is 217 g/mol. The molecule has 1 atom stereocenters. The highest BCUT2D eigenvalue weighted by Crippen LogP contribution is 2.25. The molecule has 0 saturated heterocycles. The minimum atomic E-state index is -1.23. The van der Waals surface area contributed by atoms with Gasteiger partial charge in [-0.05, 0) is 12.5 Å². The van der Waals surface area contributed by atoms with Crippen LogP contribution in [-0.4, -0.2) is 22.6 Å². The molecule has 0 radical (unpaired) electrons. The molecular formula is C12H11NO3. The van der Waals surface area contributed by atoms with E-state index in [9.17, 15) is 9.59 Å². The minimum Gasteiger partial charge on any atom is -0.477 e. The lowest BCUT2D eigenvalue weighted by atomic mass is 9.84. The number of allylic oxidation sites excluding steroid dienone is 4. The van der Waals surface area contributed by atoms with Gasteiger partial charge in [0.05, 0.1) is 5.71 Å². The number of Topliss-reactive ketones (excluding diaryl/α,β-unsaturated/α-hetero) is 1. The second-order valence-electron chi connectivity index (χ2n) is 3.67. The van der Waals surface area contributed by atoms with Crippen LogP contribution >= 0.6 is 0 Å². The van der Waals surface area contributed by atoms with E-state index < -0.39 is 11.8 Å². The van der Waals surface area contributed by atoms with Crippen LogP contribution < -0.4 is 0 Å². The number of hydrogen-bond donors (Lipinski definition) is 1. The largest absolute Gasteiger partial charge is 0.477 e. The van der Waals surface area contributed by atoms with Gasteiger partial charge < -0.3 is 5.11 Å². The Morgan fingerprint density at radius 3 is 2.94 bits per heavy atom. The predicted molar refractivity (Wildman–Crippen MR) is 59.2 cm³/mol.